The van der Waals surface area contributed by atoms with Crippen molar-refractivity contribution in [2.24, 2.45) is 5.41 Å². The summed E-state index contributed by atoms with van der Waals surface area (Å²) in [5.41, 5.74) is 2.08. The molecule has 0 saturated heterocycles. The van der Waals surface area contributed by atoms with Crippen LogP contribution >= 0.6 is 0 Å². The van der Waals surface area contributed by atoms with Crippen LogP contribution in [0.15, 0.2) is 24.3 Å². The van der Waals surface area contributed by atoms with Crippen LogP contribution in [0, 0.1) is 12.3 Å². The van der Waals surface area contributed by atoms with Crippen molar-refractivity contribution in [2.75, 3.05) is 27.2 Å². The monoisotopic (exact) mass is 333 g/mol. The van der Waals surface area contributed by atoms with Crippen LogP contribution in [-0.4, -0.2) is 43.9 Å². The molecule has 0 aromatic heterocycles. The van der Waals surface area contributed by atoms with Gasteiger partial charge in [0.25, 0.3) is 0 Å². The van der Waals surface area contributed by atoms with E-state index in [2.05, 4.69) is 29.4 Å². The lowest BCUT2D eigenvalue weighted by Crippen LogP contribution is -2.41. The standard InChI is InChI=1S/C19H31N3O2/c1-14-7-9-16(10-8-14)17(21-15(2)23)11-18(24)20-12-19(3,4)13-22(5)6/h7-10,17H,11-13H2,1-6H3,(H,20,24)(H,21,23). The highest BCUT2D eigenvalue weighted by Gasteiger charge is 2.22. The van der Waals surface area contributed by atoms with E-state index in [0.717, 1.165) is 17.7 Å². The van der Waals surface area contributed by atoms with Gasteiger partial charge in [-0.05, 0) is 32.0 Å². The van der Waals surface area contributed by atoms with E-state index in [1.807, 2.05) is 45.3 Å². The van der Waals surface area contributed by atoms with Crippen molar-refractivity contribution in [3.63, 3.8) is 0 Å². The van der Waals surface area contributed by atoms with E-state index in [0.29, 0.717) is 6.54 Å². The summed E-state index contributed by atoms with van der Waals surface area (Å²) in [6.45, 7) is 9.22. The number of carbonyl (C=O) groups is 2. The normalized spacial score (nSPS) is 12.8. The van der Waals surface area contributed by atoms with Crippen LogP contribution in [0.3, 0.4) is 0 Å². The van der Waals surface area contributed by atoms with Crippen LogP contribution in [0.4, 0.5) is 0 Å². The Morgan fingerprint density at radius 3 is 2.25 bits per heavy atom. The zero-order chi connectivity index (χ0) is 18.3. The molecule has 2 amide bonds. The predicted octanol–water partition coefficient (Wildman–Crippen LogP) is 2.27. The first-order valence-corrected chi connectivity index (χ1v) is 8.34. The van der Waals surface area contributed by atoms with Gasteiger partial charge in [0.05, 0.1) is 12.5 Å². The van der Waals surface area contributed by atoms with Gasteiger partial charge in [-0.2, -0.15) is 0 Å². The van der Waals surface area contributed by atoms with E-state index >= 15 is 0 Å². The van der Waals surface area contributed by atoms with Crippen LogP contribution in [0.2, 0.25) is 0 Å². The molecule has 0 aliphatic carbocycles. The lowest BCUT2D eigenvalue weighted by molar-refractivity contribution is -0.123. The fraction of sp³-hybridized carbons (Fsp3) is 0.579. The minimum Gasteiger partial charge on any atom is -0.355 e. The summed E-state index contributed by atoms with van der Waals surface area (Å²) in [5, 5.41) is 5.86. The summed E-state index contributed by atoms with van der Waals surface area (Å²) in [6, 6.07) is 7.59. The van der Waals surface area contributed by atoms with Crippen molar-refractivity contribution in [3.8, 4) is 0 Å². The topological polar surface area (TPSA) is 61.4 Å². The molecule has 134 valence electrons. The van der Waals surface area contributed by atoms with Gasteiger partial charge in [0.2, 0.25) is 11.8 Å². The van der Waals surface area contributed by atoms with Crippen LogP contribution in [-0.2, 0) is 9.59 Å². The molecule has 0 saturated carbocycles. The molecule has 0 bridgehead atoms. The SMILES string of the molecule is CC(=O)NC(CC(=O)NCC(C)(C)CN(C)C)c1ccc(C)cc1. The fourth-order valence-electron chi connectivity index (χ4n) is 2.80. The summed E-state index contributed by atoms with van der Waals surface area (Å²) in [6.07, 6.45) is 0.237. The number of amides is 2. The zero-order valence-corrected chi connectivity index (χ0v) is 15.8. The summed E-state index contributed by atoms with van der Waals surface area (Å²) in [7, 11) is 4.04. The molecule has 0 radical (unpaired) electrons. The predicted molar refractivity (Wildman–Crippen MR) is 97.7 cm³/mol. The van der Waals surface area contributed by atoms with Crippen molar-refractivity contribution in [2.45, 2.75) is 40.2 Å². The first-order chi connectivity index (χ1) is 11.1. The van der Waals surface area contributed by atoms with Crippen molar-refractivity contribution in [1.82, 2.24) is 15.5 Å². The summed E-state index contributed by atoms with van der Waals surface area (Å²) < 4.78 is 0. The quantitative estimate of drug-likeness (QED) is 0.767. The number of hydrogen-bond donors (Lipinski definition) is 2. The third kappa shape index (κ3) is 7.59. The second-order valence-electron chi connectivity index (χ2n) is 7.55. The minimum absolute atomic E-state index is 0.00742. The second-order valence-corrected chi connectivity index (χ2v) is 7.55. The number of benzene rings is 1. The average Bonchev–Trinajstić information content (AvgIpc) is 2.43. The molecule has 1 aromatic carbocycles. The Bertz CT molecular complexity index is 550. The molecule has 0 aliphatic heterocycles. The van der Waals surface area contributed by atoms with Gasteiger partial charge in [-0.25, -0.2) is 0 Å². The minimum atomic E-state index is -0.305. The molecule has 0 fully saturated rings. The van der Waals surface area contributed by atoms with Crippen LogP contribution in [0.1, 0.15) is 44.4 Å². The lowest BCUT2D eigenvalue weighted by Gasteiger charge is -2.29. The molecule has 5 heteroatoms. The van der Waals surface area contributed by atoms with Gasteiger partial charge in [-0.15, -0.1) is 0 Å². The second kappa shape index (κ2) is 8.83. The number of aryl methyl sites for hydroxylation is 1. The Kier molecular flexibility index (Phi) is 7.42. The molecule has 0 spiro atoms. The van der Waals surface area contributed by atoms with E-state index in [4.69, 9.17) is 0 Å². The van der Waals surface area contributed by atoms with Crippen LogP contribution in [0.25, 0.3) is 0 Å². The number of nitrogens with zero attached hydrogens (tertiary/aromatic N) is 1. The number of hydrogen-bond acceptors (Lipinski definition) is 3. The van der Waals surface area contributed by atoms with Crippen LogP contribution < -0.4 is 10.6 Å². The van der Waals surface area contributed by atoms with Gasteiger partial charge in [-0.1, -0.05) is 43.7 Å². The Hall–Kier alpha value is -1.88. The van der Waals surface area contributed by atoms with E-state index in [1.165, 1.54) is 6.92 Å². The van der Waals surface area contributed by atoms with Crippen molar-refractivity contribution in [1.29, 1.82) is 0 Å². The van der Waals surface area contributed by atoms with E-state index in [1.54, 1.807) is 0 Å². The highest BCUT2D eigenvalue weighted by Crippen LogP contribution is 2.19. The molecular weight excluding hydrogens is 302 g/mol. The first-order valence-electron chi connectivity index (χ1n) is 8.34. The third-order valence-electron chi connectivity index (χ3n) is 3.76. The molecule has 0 aliphatic rings. The summed E-state index contributed by atoms with van der Waals surface area (Å²) >= 11 is 0. The molecule has 1 unspecified atom stereocenters. The van der Waals surface area contributed by atoms with Crippen LogP contribution in [0.5, 0.6) is 0 Å². The maximum atomic E-state index is 12.3. The van der Waals surface area contributed by atoms with E-state index < -0.39 is 0 Å². The Labute approximate surface area is 145 Å². The molecule has 2 N–H and O–H groups in total. The van der Waals surface area contributed by atoms with Crippen molar-refractivity contribution >= 4 is 11.8 Å². The number of nitrogens with one attached hydrogen (secondary N) is 2. The third-order valence-corrected chi connectivity index (χ3v) is 3.76. The fourth-order valence-corrected chi connectivity index (χ4v) is 2.80. The molecule has 5 nitrogen and oxygen atoms in total. The number of rotatable bonds is 8. The van der Waals surface area contributed by atoms with Gasteiger partial charge >= 0.3 is 0 Å². The Morgan fingerprint density at radius 2 is 1.75 bits per heavy atom. The van der Waals surface area contributed by atoms with Gasteiger partial charge in [0, 0.05) is 20.0 Å². The largest absolute Gasteiger partial charge is 0.355 e. The maximum Gasteiger partial charge on any atom is 0.222 e. The Balaban J connectivity index is 2.68. The van der Waals surface area contributed by atoms with Gasteiger partial charge in [0.15, 0.2) is 0 Å². The molecule has 0 heterocycles. The van der Waals surface area contributed by atoms with Crippen molar-refractivity contribution < 1.29 is 9.59 Å². The van der Waals surface area contributed by atoms with Gasteiger partial charge in [0.1, 0.15) is 0 Å². The Morgan fingerprint density at radius 1 is 1.17 bits per heavy atom. The summed E-state index contributed by atoms with van der Waals surface area (Å²) in [5.74, 6) is -0.192. The smallest absolute Gasteiger partial charge is 0.222 e. The van der Waals surface area contributed by atoms with E-state index in [9.17, 15) is 9.59 Å². The summed E-state index contributed by atoms with van der Waals surface area (Å²) in [4.78, 5) is 25.9. The lowest BCUT2D eigenvalue weighted by atomic mass is 9.92. The highest BCUT2D eigenvalue weighted by molar-refractivity contribution is 5.79. The molecule has 1 rings (SSSR count). The zero-order valence-electron chi connectivity index (χ0n) is 15.8. The molecule has 1 atom stereocenters. The van der Waals surface area contributed by atoms with Crippen molar-refractivity contribution in [3.05, 3.63) is 35.4 Å². The number of carbonyl (C=O) groups excluding carboxylic acids is 2. The molecule has 1 aromatic rings. The van der Waals surface area contributed by atoms with Gasteiger partial charge < -0.3 is 15.5 Å². The van der Waals surface area contributed by atoms with E-state index in [-0.39, 0.29) is 29.7 Å². The molecular formula is C19H31N3O2. The molecule has 24 heavy (non-hydrogen) atoms. The van der Waals surface area contributed by atoms with Gasteiger partial charge in [-0.3, -0.25) is 9.59 Å². The average molecular weight is 333 g/mol. The highest BCUT2D eigenvalue weighted by atomic mass is 16.2. The maximum absolute atomic E-state index is 12.3. The first kappa shape index (κ1) is 20.2.